The third kappa shape index (κ3) is 8.90. The van der Waals surface area contributed by atoms with Gasteiger partial charge in [0.2, 0.25) is 0 Å². The highest BCUT2D eigenvalue weighted by atomic mass is 79.9. The molecule has 0 bridgehead atoms. The zero-order chi connectivity index (χ0) is 23.6. The van der Waals surface area contributed by atoms with Crippen LogP contribution < -0.4 is 4.78 Å². The summed E-state index contributed by atoms with van der Waals surface area (Å²) >= 11 is 7.18. The van der Waals surface area contributed by atoms with Gasteiger partial charge in [0.05, 0.1) is 15.0 Å². The van der Waals surface area contributed by atoms with Crippen molar-refractivity contribution in [1.29, 1.82) is 0 Å². The summed E-state index contributed by atoms with van der Waals surface area (Å²) in [5, 5.41) is 0. The van der Waals surface area contributed by atoms with Crippen molar-refractivity contribution in [3.63, 3.8) is 0 Å². The second kappa shape index (κ2) is 13.7. The monoisotopic (exact) mass is 540 g/mol. The van der Waals surface area contributed by atoms with Crippen molar-refractivity contribution >= 4 is 50.5 Å². The van der Waals surface area contributed by atoms with Gasteiger partial charge in [-0.25, -0.2) is 0 Å². The molecule has 0 atom stereocenters. The second-order valence-electron chi connectivity index (χ2n) is 9.72. The predicted octanol–water partition coefficient (Wildman–Crippen LogP) is 8.80. The minimum absolute atomic E-state index is 0.200. The van der Waals surface area contributed by atoms with Crippen LogP contribution >= 0.6 is 38.6 Å². The van der Waals surface area contributed by atoms with Crippen LogP contribution in [0.15, 0.2) is 28.1 Å². The van der Waals surface area contributed by atoms with Crippen molar-refractivity contribution in [2.75, 3.05) is 0 Å². The Morgan fingerprint density at radius 1 is 0.719 bits per heavy atom. The van der Waals surface area contributed by atoms with E-state index in [0.29, 0.717) is 0 Å². The summed E-state index contributed by atoms with van der Waals surface area (Å²) in [5.74, 6) is 0. The van der Waals surface area contributed by atoms with E-state index in [9.17, 15) is 0 Å². The van der Waals surface area contributed by atoms with Crippen LogP contribution in [0.4, 0.5) is 0 Å². The van der Waals surface area contributed by atoms with Gasteiger partial charge in [-0.15, -0.1) is 22.7 Å². The maximum Gasteiger partial charge on any atom is 0.505 e. The minimum atomic E-state index is -0.247. The Labute approximate surface area is 213 Å². The van der Waals surface area contributed by atoms with Crippen molar-refractivity contribution in [2.24, 2.45) is 0 Å². The number of unbranched alkanes of at least 4 members (excludes halogenated alkanes) is 6. The van der Waals surface area contributed by atoms with Gasteiger partial charge in [0, 0.05) is 14.5 Å². The largest absolute Gasteiger partial charge is 0.505 e. The Morgan fingerprint density at radius 3 is 1.69 bits per heavy atom. The smallest absolute Gasteiger partial charge is 0.399 e. The van der Waals surface area contributed by atoms with Crippen LogP contribution in [-0.4, -0.2) is 18.3 Å². The average molecular weight is 541 g/mol. The van der Waals surface area contributed by atoms with E-state index in [4.69, 9.17) is 9.31 Å². The summed E-state index contributed by atoms with van der Waals surface area (Å²) < 4.78 is 14.6. The molecule has 1 aliphatic heterocycles. The molecule has 6 heteroatoms. The van der Waals surface area contributed by atoms with Crippen molar-refractivity contribution in [1.82, 2.24) is 0 Å². The van der Waals surface area contributed by atoms with Crippen LogP contribution in [0.2, 0.25) is 0 Å². The second-order valence-corrected chi connectivity index (χ2v) is 13.5. The first-order valence-electron chi connectivity index (χ1n) is 12.4. The van der Waals surface area contributed by atoms with E-state index in [1.807, 2.05) is 22.7 Å². The van der Waals surface area contributed by atoms with E-state index in [1.54, 1.807) is 0 Å². The number of hydrogen-bond acceptors (Lipinski definition) is 4. The highest BCUT2D eigenvalue weighted by molar-refractivity contribution is 9.11. The van der Waals surface area contributed by atoms with E-state index < -0.39 is 0 Å². The van der Waals surface area contributed by atoms with Crippen LogP contribution in [0.1, 0.15) is 103 Å². The number of hydrogen-bond donors (Lipinski definition) is 0. The molecular formula is C26H42BBrO2S2. The maximum atomic E-state index is 6.09. The van der Waals surface area contributed by atoms with Gasteiger partial charge in [0.1, 0.15) is 0 Å². The number of thiophene rings is 2. The highest BCUT2D eigenvalue weighted by Gasteiger charge is 2.52. The number of aryl methyl sites for hydroxylation is 2. The zero-order valence-corrected chi connectivity index (χ0v) is 24.2. The van der Waals surface area contributed by atoms with Gasteiger partial charge in [0.15, 0.2) is 0 Å². The van der Waals surface area contributed by atoms with Crippen LogP contribution in [0, 0.1) is 0 Å². The molecule has 0 saturated carbocycles. The predicted molar refractivity (Wildman–Crippen MR) is 148 cm³/mol. The molecule has 2 aromatic heterocycles. The van der Waals surface area contributed by atoms with Gasteiger partial charge in [0.25, 0.3) is 0 Å². The topological polar surface area (TPSA) is 18.5 Å². The zero-order valence-electron chi connectivity index (χ0n) is 21.0. The molecular weight excluding hydrogens is 499 g/mol. The average Bonchev–Trinajstić information content (AvgIpc) is 3.42. The molecule has 0 spiro atoms. The van der Waals surface area contributed by atoms with Gasteiger partial charge in [-0.1, -0.05) is 58.4 Å². The Kier molecular flexibility index (Phi) is 12.0. The molecule has 0 unspecified atom stereocenters. The van der Waals surface area contributed by atoms with E-state index in [2.05, 4.69) is 81.7 Å². The summed E-state index contributed by atoms with van der Waals surface area (Å²) in [6, 6.07) is 8.76. The molecule has 0 radical (unpaired) electrons. The first kappa shape index (κ1) is 28.1. The van der Waals surface area contributed by atoms with Crippen molar-refractivity contribution in [3.8, 4) is 0 Å². The molecule has 1 saturated heterocycles. The third-order valence-corrected chi connectivity index (χ3v) is 9.20. The molecule has 0 amide bonds. The molecule has 3 heterocycles. The summed E-state index contributed by atoms with van der Waals surface area (Å²) in [5.41, 5.74) is -0.494. The quantitative estimate of drug-likeness (QED) is 0.209. The first-order chi connectivity index (χ1) is 15.2. The van der Waals surface area contributed by atoms with Crippen LogP contribution in [0.25, 0.3) is 0 Å². The summed E-state index contributed by atoms with van der Waals surface area (Å²) in [6.45, 7) is 12.9. The van der Waals surface area contributed by atoms with Gasteiger partial charge < -0.3 is 9.31 Å². The van der Waals surface area contributed by atoms with E-state index in [0.717, 1.165) is 0 Å². The molecule has 0 aromatic carbocycles. The van der Waals surface area contributed by atoms with E-state index >= 15 is 0 Å². The summed E-state index contributed by atoms with van der Waals surface area (Å²) in [4.78, 5) is 2.96. The van der Waals surface area contributed by atoms with Gasteiger partial charge >= 0.3 is 7.12 Å². The third-order valence-electron chi connectivity index (χ3n) is 6.35. The first-order valence-corrected chi connectivity index (χ1v) is 14.8. The molecule has 3 rings (SSSR count). The SMILES string of the molecule is CCCCCCc1ccc(B2OC(C)(C)C(C)(C)O2)s1.CCCCCCc1ccc(Br)s1. The summed E-state index contributed by atoms with van der Waals surface area (Å²) in [6.07, 6.45) is 13.1. The highest BCUT2D eigenvalue weighted by Crippen LogP contribution is 2.37. The van der Waals surface area contributed by atoms with Gasteiger partial charge in [-0.2, -0.15) is 0 Å². The normalized spacial score (nSPS) is 16.8. The molecule has 2 aromatic rings. The molecule has 2 nitrogen and oxygen atoms in total. The maximum absolute atomic E-state index is 6.09. The Balaban J connectivity index is 0.000000258. The lowest BCUT2D eigenvalue weighted by Crippen LogP contribution is -2.41. The molecule has 32 heavy (non-hydrogen) atoms. The lowest BCUT2D eigenvalue weighted by molar-refractivity contribution is 0.00578. The van der Waals surface area contributed by atoms with E-state index in [-0.39, 0.29) is 18.3 Å². The Bertz CT molecular complexity index is 768. The Morgan fingerprint density at radius 2 is 1.22 bits per heavy atom. The van der Waals surface area contributed by atoms with Crippen molar-refractivity contribution in [2.45, 2.75) is 117 Å². The van der Waals surface area contributed by atoms with Crippen LogP contribution in [0.5, 0.6) is 0 Å². The van der Waals surface area contributed by atoms with Gasteiger partial charge in [-0.05, 0) is 87.5 Å². The van der Waals surface area contributed by atoms with E-state index in [1.165, 1.54) is 82.5 Å². The lowest BCUT2D eigenvalue weighted by atomic mass is 9.88. The fourth-order valence-corrected chi connectivity index (χ4v) is 6.09. The summed E-state index contributed by atoms with van der Waals surface area (Å²) in [7, 11) is -0.200. The molecule has 180 valence electrons. The number of rotatable bonds is 11. The molecule has 1 aliphatic rings. The van der Waals surface area contributed by atoms with Crippen molar-refractivity contribution in [3.05, 3.63) is 37.8 Å². The van der Waals surface area contributed by atoms with Gasteiger partial charge in [-0.3, -0.25) is 0 Å². The molecule has 0 aliphatic carbocycles. The fourth-order valence-electron chi connectivity index (χ4n) is 3.55. The molecule has 1 fully saturated rings. The van der Waals surface area contributed by atoms with Crippen LogP contribution in [0.3, 0.4) is 0 Å². The fraction of sp³-hybridized carbons (Fsp3) is 0.692. The minimum Gasteiger partial charge on any atom is -0.399 e. The van der Waals surface area contributed by atoms with Crippen LogP contribution in [-0.2, 0) is 22.2 Å². The Hall–Kier alpha value is -0.135. The number of halogens is 1. The lowest BCUT2D eigenvalue weighted by Gasteiger charge is -2.32. The standard InChI is InChI=1S/C16H27BO2S.C10H15BrS/c1-6-7-8-9-10-13-11-12-14(20-13)17-18-15(2,3)16(4,5)19-17;1-2-3-4-5-6-9-7-8-10(11)12-9/h11-12H,6-10H2,1-5H3;7-8H,2-6H2,1H3. The molecule has 0 N–H and O–H groups in total. The van der Waals surface area contributed by atoms with Crippen molar-refractivity contribution < 1.29 is 9.31 Å².